The second kappa shape index (κ2) is 5.87. The molecule has 20 heavy (non-hydrogen) atoms. The Morgan fingerprint density at radius 1 is 1.50 bits per heavy atom. The van der Waals surface area contributed by atoms with Gasteiger partial charge in [0, 0.05) is 24.7 Å². The van der Waals surface area contributed by atoms with Crippen molar-refractivity contribution in [3.05, 3.63) is 28.3 Å². The minimum atomic E-state index is -0.422. The highest BCUT2D eigenvalue weighted by atomic mass is 16.6. The molecule has 0 saturated carbocycles. The lowest BCUT2D eigenvalue weighted by atomic mass is 10.0. The van der Waals surface area contributed by atoms with E-state index in [0.717, 1.165) is 6.42 Å². The van der Waals surface area contributed by atoms with Crippen molar-refractivity contribution in [3.63, 3.8) is 0 Å². The summed E-state index contributed by atoms with van der Waals surface area (Å²) in [6, 6.07) is 4.69. The molecule has 1 aromatic carbocycles. The van der Waals surface area contributed by atoms with Crippen molar-refractivity contribution in [1.29, 1.82) is 0 Å². The summed E-state index contributed by atoms with van der Waals surface area (Å²) in [5.74, 6) is 1.12. The zero-order valence-electron chi connectivity index (χ0n) is 11.6. The Labute approximate surface area is 116 Å². The smallest absolute Gasteiger partial charge is 0.271 e. The van der Waals surface area contributed by atoms with E-state index in [1.54, 1.807) is 6.07 Å². The van der Waals surface area contributed by atoms with Gasteiger partial charge < -0.3 is 16.0 Å². The van der Waals surface area contributed by atoms with Crippen molar-refractivity contribution in [2.75, 3.05) is 11.9 Å². The van der Waals surface area contributed by atoms with Gasteiger partial charge in [-0.1, -0.05) is 13.8 Å². The number of hydrogen-bond donors (Lipinski definition) is 3. The lowest BCUT2D eigenvalue weighted by Gasteiger charge is -2.17. The fraction of sp³-hybridized carbons (Fsp3) is 0.462. The molecule has 0 bridgehead atoms. The third-order valence-electron chi connectivity index (χ3n) is 3.06. The Morgan fingerprint density at radius 3 is 2.85 bits per heavy atom. The SMILES string of the molecule is CC(C)CC(CN)Nc1nc2ccc([N+](=O)[O-])cc2[nH]1. The Morgan fingerprint density at radius 2 is 2.25 bits per heavy atom. The van der Waals surface area contributed by atoms with Gasteiger partial charge in [-0.05, 0) is 18.4 Å². The van der Waals surface area contributed by atoms with Gasteiger partial charge in [0.15, 0.2) is 0 Å². The number of nitrogens with zero attached hydrogens (tertiary/aromatic N) is 2. The van der Waals surface area contributed by atoms with Crippen molar-refractivity contribution in [2.24, 2.45) is 11.7 Å². The van der Waals surface area contributed by atoms with Crippen LogP contribution < -0.4 is 11.1 Å². The molecule has 2 rings (SSSR count). The van der Waals surface area contributed by atoms with Gasteiger partial charge in [0.25, 0.3) is 5.69 Å². The number of hydrogen-bond acceptors (Lipinski definition) is 5. The highest BCUT2D eigenvalue weighted by Gasteiger charge is 2.13. The van der Waals surface area contributed by atoms with Crippen molar-refractivity contribution in [2.45, 2.75) is 26.3 Å². The average molecular weight is 277 g/mol. The van der Waals surface area contributed by atoms with Crippen LogP contribution in [0.2, 0.25) is 0 Å². The summed E-state index contributed by atoms with van der Waals surface area (Å²) in [6.07, 6.45) is 0.938. The van der Waals surface area contributed by atoms with E-state index in [1.165, 1.54) is 12.1 Å². The number of H-pyrrole nitrogens is 1. The molecule has 0 saturated heterocycles. The molecule has 7 nitrogen and oxygen atoms in total. The van der Waals surface area contributed by atoms with Crippen LogP contribution in [0.25, 0.3) is 11.0 Å². The number of anilines is 1. The third kappa shape index (κ3) is 3.24. The number of nitro benzene ring substituents is 1. The first-order valence-electron chi connectivity index (χ1n) is 6.60. The molecule has 1 atom stereocenters. The third-order valence-corrected chi connectivity index (χ3v) is 3.06. The number of non-ortho nitro benzene ring substituents is 1. The molecular weight excluding hydrogens is 258 g/mol. The molecule has 4 N–H and O–H groups in total. The second-order valence-electron chi connectivity index (χ2n) is 5.25. The van der Waals surface area contributed by atoms with Gasteiger partial charge in [0.1, 0.15) is 0 Å². The van der Waals surface area contributed by atoms with E-state index in [-0.39, 0.29) is 11.7 Å². The predicted octanol–water partition coefficient (Wildman–Crippen LogP) is 2.26. The predicted molar refractivity (Wildman–Crippen MR) is 78.7 cm³/mol. The van der Waals surface area contributed by atoms with Crippen molar-refractivity contribution in [3.8, 4) is 0 Å². The molecule has 0 aliphatic carbocycles. The van der Waals surface area contributed by atoms with E-state index in [2.05, 4.69) is 29.1 Å². The summed E-state index contributed by atoms with van der Waals surface area (Å²) in [4.78, 5) is 17.7. The first-order valence-corrected chi connectivity index (χ1v) is 6.60. The van der Waals surface area contributed by atoms with Crippen LogP contribution in [0.15, 0.2) is 18.2 Å². The molecule has 0 aliphatic heterocycles. The Bertz CT molecular complexity index is 608. The quantitative estimate of drug-likeness (QED) is 0.554. The van der Waals surface area contributed by atoms with Crippen LogP contribution in [-0.4, -0.2) is 27.5 Å². The van der Waals surface area contributed by atoms with Crippen molar-refractivity contribution >= 4 is 22.7 Å². The molecule has 2 aromatic rings. The molecule has 0 amide bonds. The van der Waals surface area contributed by atoms with Crippen LogP contribution in [0.1, 0.15) is 20.3 Å². The summed E-state index contributed by atoms with van der Waals surface area (Å²) in [6.45, 7) is 4.77. The number of aromatic amines is 1. The first-order chi connectivity index (χ1) is 9.49. The van der Waals surface area contributed by atoms with Crippen LogP contribution in [-0.2, 0) is 0 Å². The second-order valence-corrected chi connectivity index (χ2v) is 5.25. The summed E-state index contributed by atoms with van der Waals surface area (Å²) in [5.41, 5.74) is 7.11. The van der Waals surface area contributed by atoms with Crippen molar-refractivity contribution < 1.29 is 4.92 Å². The van der Waals surface area contributed by atoms with E-state index in [0.29, 0.717) is 29.4 Å². The molecule has 1 unspecified atom stereocenters. The highest BCUT2D eigenvalue weighted by molar-refractivity contribution is 5.79. The molecular formula is C13H19N5O2. The number of imidazole rings is 1. The topological polar surface area (TPSA) is 110 Å². The van der Waals surface area contributed by atoms with Crippen LogP contribution in [0.5, 0.6) is 0 Å². The largest absolute Gasteiger partial charge is 0.352 e. The Hall–Kier alpha value is -2.15. The number of aromatic nitrogens is 2. The molecule has 0 fully saturated rings. The average Bonchev–Trinajstić information content (AvgIpc) is 2.78. The van der Waals surface area contributed by atoms with E-state index in [4.69, 9.17) is 5.73 Å². The number of rotatable bonds is 6. The first kappa shape index (κ1) is 14.3. The number of nitrogens with two attached hydrogens (primary N) is 1. The molecule has 0 spiro atoms. The molecule has 0 radical (unpaired) electrons. The standard InChI is InChI=1S/C13H19N5O2/c1-8(2)5-9(7-14)15-13-16-11-4-3-10(18(19)20)6-12(11)17-13/h3-4,6,8-9H,5,7,14H2,1-2H3,(H2,15,16,17). The molecule has 1 heterocycles. The van der Waals surface area contributed by atoms with Crippen LogP contribution in [0.3, 0.4) is 0 Å². The minimum Gasteiger partial charge on any atom is -0.352 e. The van der Waals surface area contributed by atoms with Crippen molar-refractivity contribution in [1.82, 2.24) is 9.97 Å². The summed E-state index contributed by atoms with van der Waals surface area (Å²) in [7, 11) is 0. The summed E-state index contributed by atoms with van der Waals surface area (Å²) < 4.78 is 0. The summed E-state index contributed by atoms with van der Waals surface area (Å²) in [5, 5.41) is 14.0. The van der Waals surface area contributed by atoms with E-state index < -0.39 is 4.92 Å². The maximum absolute atomic E-state index is 10.7. The zero-order valence-corrected chi connectivity index (χ0v) is 11.6. The molecule has 7 heteroatoms. The van der Waals surface area contributed by atoms with Crippen LogP contribution in [0.4, 0.5) is 11.6 Å². The number of nitro groups is 1. The van der Waals surface area contributed by atoms with Gasteiger partial charge >= 0.3 is 0 Å². The molecule has 108 valence electrons. The maximum Gasteiger partial charge on any atom is 0.271 e. The van der Waals surface area contributed by atoms with Crippen LogP contribution in [0, 0.1) is 16.0 Å². The molecule has 0 aliphatic rings. The summed E-state index contributed by atoms with van der Waals surface area (Å²) >= 11 is 0. The van der Waals surface area contributed by atoms with Gasteiger partial charge in [-0.3, -0.25) is 10.1 Å². The fourth-order valence-electron chi connectivity index (χ4n) is 2.16. The van der Waals surface area contributed by atoms with Gasteiger partial charge in [0.05, 0.1) is 16.0 Å². The maximum atomic E-state index is 10.7. The number of nitrogens with one attached hydrogen (secondary N) is 2. The van der Waals surface area contributed by atoms with Gasteiger partial charge in [-0.15, -0.1) is 0 Å². The minimum absolute atomic E-state index is 0.0465. The number of fused-ring (bicyclic) bond motifs is 1. The van der Waals surface area contributed by atoms with Gasteiger partial charge in [0.2, 0.25) is 5.95 Å². The fourth-order valence-corrected chi connectivity index (χ4v) is 2.16. The Balaban J connectivity index is 2.20. The van der Waals surface area contributed by atoms with E-state index in [1.807, 2.05) is 0 Å². The van der Waals surface area contributed by atoms with Gasteiger partial charge in [-0.25, -0.2) is 4.98 Å². The Kier molecular flexibility index (Phi) is 4.19. The van der Waals surface area contributed by atoms with E-state index in [9.17, 15) is 10.1 Å². The zero-order chi connectivity index (χ0) is 14.7. The lowest BCUT2D eigenvalue weighted by Crippen LogP contribution is -2.30. The highest BCUT2D eigenvalue weighted by Crippen LogP contribution is 2.21. The molecule has 1 aromatic heterocycles. The van der Waals surface area contributed by atoms with Crippen LogP contribution >= 0.6 is 0 Å². The number of benzene rings is 1. The monoisotopic (exact) mass is 277 g/mol. The lowest BCUT2D eigenvalue weighted by molar-refractivity contribution is -0.384. The normalized spacial score (nSPS) is 12.8. The van der Waals surface area contributed by atoms with Gasteiger partial charge in [-0.2, -0.15) is 0 Å². The van der Waals surface area contributed by atoms with E-state index >= 15 is 0 Å².